The lowest BCUT2D eigenvalue weighted by Gasteiger charge is -2.28. The minimum atomic E-state index is -0.0313. The summed E-state index contributed by atoms with van der Waals surface area (Å²) in [5.74, 6) is 0.491. The van der Waals surface area contributed by atoms with Gasteiger partial charge in [0.2, 0.25) is 5.95 Å². The second-order valence-electron chi connectivity index (χ2n) is 7.34. The number of fused-ring (bicyclic) bond motifs is 1. The van der Waals surface area contributed by atoms with Gasteiger partial charge >= 0.3 is 0 Å². The molecule has 1 saturated heterocycles. The van der Waals surface area contributed by atoms with Crippen LogP contribution in [0.1, 0.15) is 27.3 Å². The Labute approximate surface area is 165 Å². The summed E-state index contributed by atoms with van der Waals surface area (Å²) in [5.41, 5.74) is 3.80. The minimum Gasteiger partial charge on any atom is -0.379 e. The van der Waals surface area contributed by atoms with Crippen LogP contribution in [0.5, 0.6) is 0 Å². The number of ether oxygens (including phenoxy) is 1. The Morgan fingerprint density at radius 3 is 2.75 bits per heavy atom. The monoisotopic (exact) mass is 381 g/mol. The number of nitrogens with one attached hydrogen (secondary N) is 1. The van der Waals surface area contributed by atoms with Crippen LogP contribution in [0, 0.1) is 6.92 Å². The fourth-order valence-electron chi connectivity index (χ4n) is 3.74. The Morgan fingerprint density at radius 2 is 1.93 bits per heavy atom. The smallest absolute Gasteiger partial charge is 0.272 e. The normalized spacial score (nSPS) is 17.2. The van der Waals surface area contributed by atoms with E-state index in [1.54, 1.807) is 6.07 Å². The minimum absolute atomic E-state index is 0.0313. The van der Waals surface area contributed by atoms with Crippen molar-refractivity contribution in [2.45, 2.75) is 19.9 Å². The van der Waals surface area contributed by atoms with Crippen LogP contribution in [0.4, 0.5) is 5.95 Å². The maximum Gasteiger partial charge on any atom is 0.272 e. The highest BCUT2D eigenvalue weighted by Gasteiger charge is 2.23. The molecular formula is C21H27N5O2. The summed E-state index contributed by atoms with van der Waals surface area (Å²) in [6, 6.07) is 10.1. The summed E-state index contributed by atoms with van der Waals surface area (Å²) < 4.78 is 5.37. The molecule has 0 spiro atoms. The molecule has 7 nitrogen and oxygen atoms in total. The molecule has 0 radical (unpaired) electrons. The topological polar surface area (TPSA) is 70.6 Å². The molecule has 0 atom stereocenters. The first-order chi connectivity index (χ1) is 13.7. The zero-order valence-corrected chi connectivity index (χ0v) is 16.4. The lowest BCUT2D eigenvalue weighted by Crippen LogP contribution is -2.39. The second-order valence-corrected chi connectivity index (χ2v) is 7.34. The number of rotatable bonds is 5. The summed E-state index contributed by atoms with van der Waals surface area (Å²) in [6.07, 6.45) is 0.886. The molecule has 4 rings (SSSR count). The number of carbonyl (C=O) groups excluding carboxylic acids is 1. The maximum atomic E-state index is 13.0. The first-order valence-corrected chi connectivity index (χ1v) is 9.95. The van der Waals surface area contributed by atoms with Gasteiger partial charge in [0.15, 0.2) is 0 Å². The van der Waals surface area contributed by atoms with Gasteiger partial charge in [-0.15, -0.1) is 0 Å². The van der Waals surface area contributed by atoms with E-state index in [0.29, 0.717) is 18.2 Å². The Hall–Kier alpha value is -2.51. The van der Waals surface area contributed by atoms with Crippen molar-refractivity contribution in [2.24, 2.45) is 0 Å². The van der Waals surface area contributed by atoms with Gasteiger partial charge in [-0.2, -0.15) is 0 Å². The zero-order chi connectivity index (χ0) is 19.3. The first kappa shape index (κ1) is 18.8. The molecule has 1 aromatic carbocycles. The second kappa shape index (κ2) is 8.67. The highest BCUT2D eigenvalue weighted by Crippen LogP contribution is 2.20. The van der Waals surface area contributed by atoms with Crippen LogP contribution in [0.15, 0.2) is 30.3 Å². The Balaban J connectivity index is 1.39. The number of anilines is 1. The van der Waals surface area contributed by atoms with E-state index in [9.17, 15) is 4.79 Å². The molecule has 1 aromatic heterocycles. The van der Waals surface area contributed by atoms with Gasteiger partial charge in [0.25, 0.3) is 5.91 Å². The van der Waals surface area contributed by atoms with Crippen molar-refractivity contribution < 1.29 is 9.53 Å². The average molecular weight is 381 g/mol. The van der Waals surface area contributed by atoms with Crippen molar-refractivity contribution in [1.82, 2.24) is 19.8 Å². The summed E-state index contributed by atoms with van der Waals surface area (Å²) in [5, 5.41) is 3.27. The van der Waals surface area contributed by atoms with E-state index in [2.05, 4.69) is 38.4 Å². The average Bonchev–Trinajstić information content (AvgIpc) is 2.73. The van der Waals surface area contributed by atoms with Gasteiger partial charge in [0.05, 0.1) is 13.2 Å². The van der Waals surface area contributed by atoms with Crippen LogP contribution in [0.2, 0.25) is 0 Å². The number of benzene rings is 1. The number of aromatic nitrogens is 2. The molecule has 0 bridgehead atoms. The van der Waals surface area contributed by atoms with E-state index in [0.717, 1.165) is 58.1 Å². The van der Waals surface area contributed by atoms with E-state index in [4.69, 9.17) is 4.74 Å². The van der Waals surface area contributed by atoms with E-state index in [-0.39, 0.29) is 5.91 Å². The molecule has 148 valence electrons. The third-order valence-electron chi connectivity index (χ3n) is 5.31. The van der Waals surface area contributed by atoms with Crippen LogP contribution in [-0.2, 0) is 17.7 Å². The summed E-state index contributed by atoms with van der Waals surface area (Å²) >= 11 is 0. The van der Waals surface area contributed by atoms with E-state index < -0.39 is 0 Å². The van der Waals surface area contributed by atoms with Crippen LogP contribution < -0.4 is 5.32 Å². The van der Waals surface area contributed by atoms with Crippen molar-refractivity contribution in [2.75, 3.05) is 51.3 Å². The van der Waals surface area contributed by atoms with E-state index in [1.807, 2.05) is 17.9 Å². The lowest BCUT2D eigenvalue weighted by atomic mass is 10.00. The SMILES string of the molecule is Cc1cc(C(=O)N2CCc3ccccc3C2)nc(NCCN2CCOCC2)n1. The molecule has 2 aromatic rings. The molecule has 1 fully saturated rings. The van der Waals surface area contributed by atoms with Gasteiger partial charge in [0.1, 0.15) is 5.69 Å². The van der Waals surface area contributed by atoms with Gasteiger partial charge < -0.3 is 15.0 Å². The Bertz CT molecular complexity index is 835. The van der Waals surface area contributed by atoms with E-state index >= 15 is 0 Å². The van der Waals surface area contributed by atoms with Gasteiger partial charge in [-0.1, -0.05) is 24.3 Å². The molecule has 7 heteroatoms. The van der Waals surface area contributed by atoms with Crippen molar-refractivity contribution in [3.05, 3.63) is 52.8 Å². The third kappa shape index (κ3) is 4.48. The van der Waals surface area contributed by atoms with Crippen molar-refractivity contribution >= 4 is 11.9 Å². The largest absolute Gasteiger partial charge is 0.379 e. The standard InChI is InChI=1S/C21H27N5O2/c1-16-14-19(20(27)26-8-6-17-4-2-3-5-18(17)15-26)24-21(23-16)22-7-9-25-10-12-28-13-11-25/h2-5,14H,6-13,15H2,1H3,(H,22,23,24). The molecular weight excluding hydrogens is 354 g/mol. The van der Waals surface area contributed by atoms with E-state index in [1.165, 1.54) is 11.1 Å². The fraction of sp³-hybridized carbons (Fsp3) is 0.476. The third-order valence-corrected chi connectivity index (χ3v) is 5.31. The Kier molecular flexibility index (Phi) is 5.83. The number of morpholine rings is 1. The fourth-order valence-corrected chi connectivity index (χ4v) is 3.74. The Morgan fingerprint density at radius 1 is 1.14 bits per heavy atom. The van der Waals surface area contributed by atoms with Crippen molar-refractivity contribution in [3.63, 3.8) is 0 Å². The quantitative estimate of drug-likeness (QED) is 0.851. The van der Waals surface area contributed by atoms with Crippen LogP contribution in [0.25, 0.3) is 0 Å². The number of nitrogens with zero attached hydrogens (tertiary/aromatic N) is 4. The predicted octanol–water partition coefficient (Wildman–Crippen LogP) is 1.73. The molecule has 1 N–H and O–H groups in total. The van der Waals surface area contributed by atoms with Crippen LogP contribution in [-0.4, -0.2) is 71.6 Å². The summed E-state index contributed by atoms with van der Waals surface area (Å²) in [6.45, 7) is 8.40. The molecule has 0 unspecified atom stereocenters. The van der Waals surface area contributed by atoms with Gasteiger partial charge in [0, 0.05) is 45.0 Å². The van der Waals surface area contributed by atoms with Gasteiger partial charge in [-0.05, 0) is 30.5 Å². The van der Waals surface area contributed by atoms with Gasteiger partial charge in [-0.3, -0.25) is 9.69 Å². The number of hydrogen-bond donors (Lipinski definition) is 1. The maximum absolute atomic E-state index is 13.0. The number of carbonyl (C=O) groups is 1. The first-order valence-electron chi connectivity index (χ1n) is 9.95. The molecule has 1 amide bonds. The van der Waals surface area contributed by atoms with Crippen LogP contribution in [0.3, 0.4) is 0 Å². The lowest BCUT2D eigenvalue weighted by molar-refractivity contribution is 0.0398. The van der Waals surface area contributed by atoms with Crippen molar-refractivity contribution in [1.29, 1.82) is 0 Å². The van der Waals surface area contributed by atoms with Gasteiger partial charge in [-0.25, -0.2) is 9.97 Å². The molecule has 2 aliphatic heterocycles. The van der Waals surface area contributed by atoms with Crippen LogP contribution >= 0.6 is 0 Å². The number of aryl methyl sites for hydroxylation is 1. The summed E-state index contributed by atoms with van der Waals surface area (Å²) in [4.78, 5) is 26.2. The highest BCUT2D eigenvalue weighted by atomic mass is 16.5. The van der Waals surface area contributed by atoms with Crippen molar-refractivity contribution in [3.8, 4) is 0 Å². The molecule has 28 heavy (non-hydrogen) atoms. The summed E-state index contributed by atoms with van der Waals surface area (Å²) in [7, 11) is 0. The molecule has 2 aliphatic rings. The molecule has 0 aliphatic carbocycles. The zero-order valence-electron chi connectivity index (χ0n) is 16.4. The highest BCUT2D eigenvalue weighted by molar-refractivity contribution is 5.92. The predicted molar refractivity (Wildman–Crippen MR) is 107 cm³/mol. The molecule has 0 saturated carbocycles. The molecule has 3 heterocycles. The number of amides is 1. The number of hydrogen-bond acceptors (Lipinski definition) is 6.